The zero-order valence-corrected chi connectivity index (χ0v) is 11.0. The fourth-order valence-corrected chi connectivity index (χ4v) is 1.71. The topological polar surface area (TPSA) is 41.1 Å². The molecule has 1 N–H and O–H groups in total. The van der Waals surface area contributed by atoms with Crippen molar-refractivity contribution in [2.75, 3.05) is 26.0 Å². The monoisotopic (exact) mass is 242 g/mol. The number of likely N-dealkylation sites (N-methyl/N-ethyl adjacent to an activating group) is 1. The molecule has 1 rings (SSSR count). The molecular formula is C11H19ClN4. The molecule has 16 heavy (non-hydrogen) atoms. The van der Waals surface area contributed by atoms with Crippen LogP contribution in [0.25, 0.3) is 0 Å². The zero-order chi connectivity index (χ0) is 12.1. The summed E-state index contributed by atoms with van der Waals surface area (Å²) < 4.78 is 0. The van der Waals surface area contributed by atoms with Gasteiger partial charge in [0.15, 0.2) is 0 Å². The average molecular weight is 243 g/mol. The van der Waals surface area contributed by atoms with Gasteiger partial charge in [-0.15, -0.1) is 0 Å². The van der Waals surface area contributed by atoms with Crippen molar-refractivity contribution in [3.63, 3.8) is 0 Å². The second-order valence-electron chi connectivity index (χ2n) is 4.38. The first-order valence-electron chi connectivity index (χ1n) is 5.38. The molecule has 90 valence electrons. The highest BCUT2D eigenvalue weighted by Crippen LogP contribution is 2.09. The summed E-state index contributed by atoms with van der Waals surface area (Å²) in [4.78, 5) is 10.4. The number of halogens is 1. The van der Waals surface area contributed by atoms with E-state index < -0.39 is 0 Å². The second kappa shape index (κ2) is 6.01. The fraction of sp³-hybridized carbons (Fsp3) is 0.636. The Morgan fingerprint density at radius 3 is 2.31 bits per heavy atom. The van der Waals surface area contributed by atoms with E-state index in [0.29, 0.717) is 22.9 Å². The van der Waals surface area contributed by atoms with Gasteiger partial charge in [0.25, 0.3) is 0 Å². The van der Waals surface area contributed by atoms with Gasteiger partial charge < -0.3 is 10.2 Å². The van der Waals surface area contributed by atoms with Crippen molar-refractivity contribution < 1.29 is 0 Å². The molecule has 0 radical (unpaired) electrons. The molecule has 0 aromatic carbocycles. The minimum atomic E-state index is 0.458. The maximum Gasteiger partial charge on any atom is 0.222 e. The van der Waals surface area contributed by atoms with Gasteiger partial charge in [-0.05, 0) is 20.0 Å². The van der Waals surface area contributed by atoms with Gasteiger partial charge in [0, 0.05) is 12.6 Å². The number of aromatic nitrogens is 2. The number of hydrogen-bond donors (Lipinski definition) is 1. The Bertz CT molecular complexity index is 302. The zero-order valence-electron chi connectivity index (χ0n) is 10.2. The molecule has 0 unspecified atom stereocenters. The highest BCUT2D eigenvalue weighted by molar-refractivity contribution is 6.30. The van der Waals surface area contributed by atoms with Crippen LogP contribution in [0.15, 0.2) is 12.4 Å². The molecular weight excluding hydrogens is 224 g/mol. The molecule has 0 spiro atoms. The van der Waals surface area contributed by atoms with E-state index in [9.17, 15) is 0 Å². The maximum atomic E-state index is 5.71. The smallest absolute Gasteiger partial charge is 0.222 e. The predicted octanol–water partition coefficient (Wildman–Crippen LogP) is 2.13. The average Bonchev–Trinajstić information content (AvgIpc) is 2.20. The third-order valence-corrected chi connectivity index (χ3v) is 2.72. The van der Waals surface area contributed by atoms with Crippen LogP contribution in [-0.4, -0.2) is 41.5 Å². The standard InChI is InChI=1S/C11H19ClN4/c1-8(2)10(16(3)4)7-15-11-13-5-9(12)6-14-11/h5-6,8,10H,7H2,1-4H3,(H,13,14,15)/t10-/m1/s1. The van der Waals surface area contributed by atoms with E-state index in [1.807, 2.05) is 0 Å². The minimum Gasteiger partial charge on any atom is -0.353 e. The van der Waals surface area contributed by atoms with Gasteiger partial charge in [0.05, 0.1) is 17.4 Å². The van der Waals surface area contributed by atoms with E-state index in [0.717, 1.165) is 6.54 Å². The van der Waals surface area contributed by atoms with Crippen molar-refractivity contribution >= 4 is 17.5 Å². The summed E-state index contributed by atoms with van der Waals surface area (Å²) in [6.07, 6.45) is 3.19. The van der Waals surface area contributed by atoms with E-state index in [-0.39, 0.29) is 0 Å². The summed E-state index contributed by atoms with van der Waals surface area (Å²) in [5.74, 6) is 1.20. The van der Waals surface area contributed by atoms with E-state index in [1.54, 1.807) is 12.4 Å². The lowest BCUT2D eigenvalue weighted by Gasteiger charge is -2.28. The Morgan fingerprint density at radius 2 is 1.88 bits per heavy atom. The normalized spacial score (nSPS) is 13.2. The van der Waals surface area contributed by atoms with Crippen molar-refractivity contribution in [2.45, 2.75) is 19.9 Å². The second-order valence-corrected chi connectivity index (χ2v) is 4.82. The van der Waals surface area contributed by atoms with Crippen LogP contribution in [0.3, 0.4) is 0 Å². The lowest BCUT2D eigenvalue weighted by Crippen LogP contribution is -2.38. The Morgan fingerprint density at radius 1 is 1.31 bits per heavy atom. The van der Waals surface area contributed by atoms with Gasteiger partial charge in [-0.3, -0.25) is 0 Å². The van der Waals surface area contributed by atoms with Crippen LogP contribution in [0.1, 0.15) is 13.8 Å². The molecule has 0 saturated carbocycles. The number of rotatable bonds is 5. The van der Waals surface area contributed by atoms with Crippen LogP contribution >= 0.6 is 11.6 Å². The summed E-state index contributed by atoms with van der Waals surface area (Å²) in [6.45, 7) is 5.23. The van der Waals surface area contributed by atoms with E-state index in [4.69, 9.17) is 11.6 Å². The lowest BCUT2D eigenvalue weighted by atomic mass is 10.0. The van der Waals surface area contributed by atoms with Crippen LogP contribution in [0, 0.1) is 5.92 Å². The largest absolute Gasteiger partial charge is 0.353 e. The van der Waals surface area contributed by atoms with Crippen LogP contribution in [0.2, 0.25) is 5.02 Å². The van der Waals surface area contributed by atoms with E-state index in [2.05, 4.69) is 48.1 Å². The number of anilines is 1. The van der Waals surface area contributed by atoms with Gasteiger partial charge in [-0.25, -0.2) is 9.97 Å². The molecule has 1 aromatic heterocycles. The van der Waals surface area contributed by atoms with Crippen LogP contribution < -0.4 is 5.32 Å². The summed E-state index contributed by atoms with van der Waals surface area (Å²) in [5, 5.41) is 3.77. The van der Waals surface area contributed by atoms with Gasteiger partial charge in [-0.1, -0.05) is 25.4 Å². The number of nitrogens with one attached hydrogen (secondary N) is 1. The summed E-state index contributed by atoms with van der Waals surface area (Å²) >= 11 is 5.71. The SMILES string of the molecule is CC(C)[C@@H](CNc1ncc(Cl)cn1)N(C)C. The van der Waals surface area contributed by atoms with Gasteiger partial charge in [0.2, 0.25) is 5.95 Å². The summed E-state index contributed by atoms with van der Waals surface area (Å²) in [5.41, 5.74) is 0. The Balaban J connectivity index is 2.52. The highest BCUT2D eigenvalue weighted by Gasteiger charge is 2.15. The van der Waals surface area contributed by atoms with Crippen molar-refractivity contribution in [1.29, 1.82) is 0 Å². The highest BCUT2D eigenvalue weighted by atomic mass is 35.5. The first kappa shape index (κ1) is 13.2. The molecule has 1 atom stereocenters. The number of hydrogen-bond acceptors (Lipinski definition) is 4. The van der Waals surface area contributed by atoms with Crippen molar-refractivity contribution in [2.24, 2.45) is 5.92 Å². The van der Waals surface area contributed by atoms with Crippen LogP contribution in [0.4, 0.5) is 5.95 Å². The summed E-state index contributed by atoms with van der Waals surface area (Å²) in [6, 6.07) is 0.458. The number of nitrogens with zero attached hydrogens (tertiary/aromatic N) is 3. The Labute approximate surface area is 102 Å². The Hall–Kier alpha value is -0.870. The minimum absolute atomic E-state index is 0.458. The first-order chi connectivity index (χ1) is 7.50. The lowest BCUT2D eigenvalue weighted by molar-refractivity contribution is 0.243. The molecule has 1 aromatic rings. The van der Waals surface area contributed by atoms with Gasteiger partial charge >= 0.3 is 0 Å². The summed E-state index contributed by atoms with van der Waals surface area (Å²) in [7, 11) is 4.16. The fourth-order valence-electron chi connectivity index (χ4n) is 1.61. The molecule has 0 aliphatic rings. The van der Waals surface area contributed by atoms with Crippen molar-refractivity contribution in [3.8, 4) is 0 Å². The van der Waals surface area contributed by atoms with Crippen LogP contribution in [0.5, 0.6) is 0 Å². The molecule has 4 nitrogen and oxygen atoms in total. The van der Waals surface area contributed by atoms with Gasteiger partial charge in [0.1, 0.15) is 0 Å². The molecule has 0 amide bonds. The quantitative estimate of drug-likeness (QED) is 0.859. The van der Waals surface area contributed by atoms with Crippen molar-refractivity contribution in [1.82, 2.24) is 14.9 Å². The molecule has 0 saturated heterocycles. The molecule has 5 heteroatoms. The molecule has 0 fully saturated rings. The molecule has 1 heterocycles. The predicted molar refractivity (Wildman–Crippen MR) is 67.8 cm³/mol. The third-order valence-electron chi connectivity index (χ3n) is 2.52. The molecule has 0 bridgehead atoms. The van der Waals surface area contributed by atoms with Crippen molar-refractivity contribution in [3.05, 3.63) is 17.4 Å². The first-order valence-corrected chi connectivity index (χ1v) is 5.76. The molecule has 0 aliphatic carbocycles. The third kappa shape index (κ3) is 3.94. The maximum absolute atomic E-state index is 5.71. The Kier molecular flexibility index (Phi) is 4.96. The van der Waals surface area contributed by atoms with E-state index >= 15 is 0 Å². The van der Waals surface area contributed by atoms with Crippen LogP contribution in [-0.2, 0) is 0 Å². The molecule has 0 aliphatic heterocycles. The van der Waals surface area contributed by atoms with Gasteiger partial charge in [-0.2, -0.15) is 0 Å². The van der Waals surface area contributed by atoms with E-state index in [1.165, 1.54) is 0 Å².